The van der Waals surface area contributed by atoms with Crippen LogP contribution >= 0.6 is 0 Å². The number of hydrogen-bond donors (Lipinski definition) is 1. The zero-order valence-corrected chi connectivity index (χ0v) is 19.9. The number of rotatable bonds is 7. The minimum atomic E-state index is -0.761. The van der Waals surface area contributed by atoms with Crippen molar-refractivity contribution in [1.82, 2.24) is 9.99 Å². The van der Waals surface area contributed by atoms with E-state index >= 15 is 0 Å². The molecular formula is C29H20N4O5. The molecule has 186 valence electrons. The number of amides is 1. The van der Waals surface area contributed by atoms with Crippen molar-refractivity contribution in [3.05, 3.63) is 136 Å². The van der Waals surface area contributed by atoms with E-state index in [0.29, 0.717) is 16.8 Å². The molecule has 0 aliphatic rings. The summed E-state index contributed by atoms with van der Waals surface area (Å²) in [6, 6.07) is 27.0. The average molecular weight is 505 g/mol. The maximum atomic E-state index is 13.0. The molecular weight excluding hydrogens is 484 g/mol. The lowest BCUT2D eigenvalue weighted by Gasteiger charge is -2.11. The van der Waals surface area contributed by atoms with Crippen LogP contribution in [0.2, 0.25) is 0 Å². The molecule has 0 bridgehead atoms. The molecule has 0 spiro atoms. The molecule has 1 aromatic heterocycles. The molecule has 4 aromatic carbocycles. The largest absolute Gasteiger partial charge is 0.422 e. The number of ether oxygens (including phenoxy) is 1. The van der Waals surface area contributed by atoms with Crippen LogP contribution in [0.25, 0.3) is 16.5 Å². The van der Waals surface area contributed by atoms with E-state index in [4.69, 9.17) is 4.74 Å². The predicted octanol–water partition coefficient (Wildman–Crippen LogP) is 5.52. The Morgan fingerprint density at radius 1 is 0.895 bits per heavy atom. The van der Waals surface area contributed by atoms with Gasteiger partial charge in [-0.3, -0.25) is 14.9 Å². The summed E-state index contributed by atoms with van der Waals surface area (Å²) in [5.74, 6) is -0.991. The van der Waals surface area contributed by atoms with Gasteiger partial charge in [0.05, 0.1) is 28.0 Å². The van der Waals surface area contributed by atoms with E-state index < -0.39 is 16.8 Å². The highest BCUT2D eigenvalue weighted by atomic mass is 16.6. The first kappa shape index (κ1) is 24.1. The van der Waals surface area contributed by atoms with E-state index in [1.54, 1.807) is 24.3 Å². The third kappa shape index (κ3) is 5.02. The summed E-state index contributed by atoms with van der Waals surface area (Å²) in [6.45, 7) is 0. The molecule has 1 heterocycles. The van der Waals surface area contributed by atoms with Crippen LogP contribution in [0.1, 0.15) is 26.3 Å². The lowest BCUT2D eigenvalue weighted by atomic mass is 10.0. The highest BCUT2D eigenvalue weighted by molar-refractivity contribution is 6.05. The van der Waals surface area contributed by atoms with Crippen molar-refractivity contribution in [2.75, 3.05) is 0 Å². The average Bonchev–Trinajstić information content (AvgIpc) is 3.49. The molecule has 0 radical (unpaired) electrons. The molecule has 0 aliphatic heterocycles. The number of hydrazone groups is 1. The van der Waals surface area contributed by atoms with Crippen molar-refractivity contribution < 1.29 is 19.2 Å². The molecule has 9 heteroatoms. The van der Waals surface area contributed by atoms with E-state index in [1.165, 1.54) is 24.4 Å². The third-order valence-corrected chi connectivity index (χ3v) is 5.82. The van der Waals surface area contributed by atoms with Crippen LogP contribution in [0.3, 0.4) is 0 Å². The van der Waals surface area contributed by atoms with Crippen LogP contribution in [-0.2, 0) is 0 Å². The Kier molecular flexibility index (Phi) is 6.73. The van der Waals surface area contributed by atoms with Gasteiger partial charge in [-0.2, -0.15) is 5.10 Å². The van der Waals surface area contributed by atoms with E-state index in [-0.39, 0.29) is 17.0 Å². The Hall–Kier alpha value is -5.57. The normalized spacial score (nSPS) is 10.9. The van der Waals surface area contributed by atoms with Gasteiger partial charge in [0.25, 0.3) is 11.6 Å². The molecule has 0 fully saturated rings. The standard InChI is InChI=1S/C29H20N4O5/c34-28(24-12-3-4-13-26(24)32-16-5-6-17-32)31-30-19-25-23-11-2-1-8-20(23)14-15-27(25)38-29(35)21-9-7-10-22(18-21)33(36)37/h1-19H,(H,31,34)/b30-19-. The Balaban J connectivity index is 1.44. The maximum absolute atomic E-state index is 13.0. The molecule has 1 amide bonds. The Morgan fingerprint density at radius 3 is 2.47 bits per heavy atom. The van der Waals surface area contributed by atoms with Crippen molar-refractivity contribution in [2.24, 2.45) is 5.10 Å². The molecule has 0 saturated carbocycles. The molecule has 0 aliphatic carbocycles. The van der Waals surface area contributed by atoms with E-state index in [0.717, 1.165) is 16.8 Å². The second-order valence-electron chi connectivity index (χ2n) is 8.20. The number of esters is 1. The molecule has 0 unspecified atom stereocenters. The van der Waals surface area contributed by atoms with Gasteiger partial charge in [0.15, 0.2) is 0 Å². The molecule has 1 N–H and O–H groups in total. The first-order valence-electron chi connectivity index (χ1n) is 11.6. The topological polar surface area (TPSA) is 116 Å². The number of nitrogens with one attached hydrogen (secondary N) is 1. The number of nitrogens with zero attached hydrogens (tertiary/aromatic N) is 3. The number of fused-ring (bicyclic) bond motifs is 1. The minimum Gasteiger partial charge on any atom is -0.422 e. The van der Waals surface area contributed by atoms with E-state index in [1.807, 2.05) is 65.5 Å². The number of non-ortho nitro benzene ring substituents is 1. The maximum Gasteiger partial charge on any atom is 0.343 e. The van der Waals surface area contributed by atoms with E-state index in [2.05, 4.69) is 10.5 Å². The first-order chi connectivity index (χ1) is 18.5. The number of benzene rings is 4. The van der Waals surface area contributed by atoms with Gasteiger partial charge in [0.2, 0.25) is 0 Å². The molecule has 5 aromatic rings. The summed E-state index contributed by atoms with van der Waals surface area (Å²) in [7, 11) is 0. The highest BCUT2D eigenvalue weighted by Gasteiger charge is 2.17. The summed E-state index contributed by atoms with van der Waals surface area (Å²) in [4.78, 5) is 36.3. The molecule has 0 atom stereocenters. The van der Waals surface area contributed by atoms with Crippen molar-refractivity contribution in [3.8, 4) is 11.4 Å². The second kappa shape index (κ2) is 10.6. The lowest BCUT2D eigenvalue weighted by Crippen LogP contribution is -2.19. The van der Waals surface area contributed by atoms with Crippen LogP contribution in [0.4, 0.5) is 5.69 Å². The van der Waals surface area contributed by atoms with Crippen LogP contribution in [0.15, 0.2) is 115 Å². The molecule has 5 rings (SSSR count). The minimum absolute atomic E-state index is 0.0326. The van der Waals surface area contributed by atoms with Gasteiger partial charge in [-0.05, 0) is 47.2 Å². The van der Waals surface area contributed by atoms with Crippen molar-refractivity contribution in [3.63, 3.8) is 0 Å². The van der Waals surface area contributed by atoms with Crippen molar-refractivity contribution in [1.29, 1.82) is 0 Å². The fourth-order valence-corrected chi connectivity index (χ4v) is 4.00. The van der Waals surface area contributed by atoms with E-state index in [9.17, 15) is 19.7 Å². The van der Waals surface area contributed by atoms with Gasteiger partial charge in [-0.1, -0.05) is 48.5 Å². The number of carbonyl (C=O) groups is 2. The Labute approximate surface area is 216 Å². The van der Waals surface area contributed by atoms with Crippen molar-refractivity contribution >= 4 is 34.6 Å². The highest BCUT2D eigenvalue weighted by Crippen LogP contribution is 2.28. The number of para-hydroxylation sites is 1. The van der Waals surface area contributed by atoms with Gasteiger partial charge < -0.3 is 9.30 Å². The number of carbonyl (C=O) groups excluding carboxylic acids is 2. The van der Waals surface area contributed by atoms with Crippen LogP contribution < -0.4 is 10.2 Å². The summed E-state index contributed by atoms with van der Waals surface area (Å²) < 4.78 is 7.44. The third-order valence-electron chi connectivity index (χ3n) is 5.82. The fraction of sp³-hybridized carbons (Fsp3) is 0. The van der Waals surface area contributed by atoms with Gasteiger partial charge >= 0.3 is 5.97 Å². The zero-order valence-electron chi connectivity index (χ0n) is 19.9. The van der Waals surface area contributed by atoms with Crippen molar-refractivity contribution in [2.45, 2.75) is 0 Å². The van der Waals surface area contributed by atoms with Gasteiger partial charge in [-0.15, -0.1) is 0 Å². The number of aromatic nitrogens is 1. The first-order valence-corrected chi connectivity index (χ1v) is 11.6. The number of nitro benzene ring substituents is 1. The summed E-state index contributed by atoms with van der Waals surface area (Å²) in [6.07, 6.45) is 5.09. The SMILES string of the molecule is O=C(Oc1ccc2ccccc2c1/C=N\NC(=O)c1ccccc1-n1cccc1)c1cccc([N+](=O)[O-])c1. The summed E-state index contributed by atoms with van der Waals surface area (Å²) in [5, 5.41) is 16.9. The molecule has 38 heavy (non-hydrogen) atoms. The Bertz CT molecular complexity index is 1690. The quantitative estimate of drug-likeness (QED) is 0.103. The molecule has 9 nitrogen and oxygen atoms in total. The van der Waals surface area contributed by atoms with Crippen LogP contribution in [0, 0.1) is 10.1 Å². The summed E-state index contributed by atoms with van der Waals surface area (Å²) in [5.41, 5.74) is 3.94. The monoisotopic (exact) mass is 504 g/mol. The van der Waals surface area contributed by atoms with Gasteiger partial charge in [0, 0.05) is 30.1 Å². The summed E-state index contributed by atoms with van der Waals surface area (Å²) >= 11 is 0. The lowest BCUT2D eigenvalue weighted by molar-refractivity contribution is -0.384. The second-order valence-corrected chi connectivity index (χ2v) is 8.20. The molecule has 0 saturated heterocycles. The predicted molar refractivity (Wildman–Crippen MR) is 143 cm³/mol. The number of nitro groups is 1. The smallest absolute Gasteiger partial charge is 0.343 e. The zero-order chi connectivity index (χ0) is 26.5. The van der Waals surface area contributed by atoms with Crippen LogP contribution in [-0.4, -0.2) is 27.6 Å². The Morgan fingerprint density at radius 2 is 1.66 bits per heavy atom. The van der Waals surface area contributed by atoms with Gasteiger partial charge in [0.1, 0.15) is 5.75 Å². The number of hydrogen-bond acceptors (Lipinski definition) is 6. The van der Waals surface area contributed by atoms with Gasteiger partial charge in [-0.25, -0.2) is 10.2 Å². The fourth-order valence-electron chi connectivity index (χ4n) is 4.00. The van der Waals surface area contributed by atoms with Crippen LogP contribution in [0.5, 0.6) is 5.75 Å².